The summed E-state index contributed by atoms with van der Waals surface area (Å²) in [6.45, 7) is 3.52. The van der Waals surface area contributed by atoms with Gasteiger partial charge in [0.05, 0.1) is 32.1 Å². The van der Waals surface area contributed by atoms with E-state index in [0.29, 0.717) is 49.0 Å². The molecular weight excluding hydrogens is 478 g/mol. The lowest BCUT2D eigenvalue weighted by molar-refractivity contribution is -0.159. The van der Waals surface area contributed by atoms with Gasteiger partial charge in [0.15, 0.2) is 5.79 Å². The average Bonchev–Trinajstić information content (AvgIpc) is 3.54. The zero-order chi connectivity index (χ0) is 25.3. The zero-order valence-corrected chi connectivity index (χ0v) is 22.3. The van der Waals surface area contributed by atoms with Gasteiger partial charge in [0.2, 0.25) is 5.91 Å². The van der Waals surface area contributed by atoms with Crippen LogP contribution in [0.3, 0.4) is 0 Å². The number of thiophene rings is 1. The average molecular weight is 518 g/mol. The third-order valence-corrected chi connectivity index (χ3v) is 9.72. The van der Waals surface area contributed by atoms with Crippen molar-refractivity contribution in [2.24, 2.45) is 11.8 Å². The Labute approximate surface area is 217 Å². The van der Waals surface area contributed by atoms with Crippen molar-refractivity contribution in [3.63, 3.8) is 0 Å². The summed E-state index contributed by atoms with van der Waals surface area (Å²) in [4.78, 5) is 30.5. The second kappa shape index (κ2) is 10.9. The number of anilines is 1. The Kier molecular flexibility index (Phi) is 7.86. The van der Waals surface area contributed by atoms with Crippen molar-refractivity contribution in [3.05, 3.63) is 21.9 Å². The van der Waals surface area contributed by atoms with E-state index in [1.165, 1.54) is 24.0 Å². The topological polar surface area (TPSA) is 85.3 Å². The molecule has 36 heavy (non-hydrogen) atoms. The lowest BCUT2D eigenvalue weighted by Crippen LogP contribution is -2.47. The van der Waals surface area contributed by atoms with Crippen molar-refractivity contribution in [3.8, 4) is 0 Å². The van der Waals surface area contributed by atoms with Crippen LogP contribution in [0.5, 0.6) is 0 Å². The standard InChI is InChI=1S/C28H39NO6S/c1-18-3-5-20(6-4-18)26(31)29(21-7-9-22(30)10-8-21)23-17-24(36-25(23)27(32)33-2)19-11-13-28(14-12-19)34-15-16-35-28/h11,17-18,20-22,30H,3-10,12-16H2,1-2H3. The van der Waals surface area contributed by atoms with Crippen LogP contribution < -0.4 is 4.90 Å². The van der Waals surface area contributed by atoms with Crippen molar-refractivity contribution in [2.75, 3.05) is 25.2 Å². The molecule has 1 aromatic heterocycles. The lowest BCUT2D eigenvalue weighted by atomic mass is 9.81. The number of methoxy groups -OCH3 is 1. The van der Waals surface area contributed by atoms with E-state index in [1.54, 1.807) is 0 Å². The molecular formula is C28H39NO6S. The van der Waals surface area contributed by atoms with Gasteiger partial charge in [-0.3, -0.25) is 4.79 Å². The highest BCUT2D eigenvalue weighted by Gasteiger charge is 2.40. The van der Waals surface area contributed by atoms with Gasteiger partial charge in [-0.25, -0.2) is 4.79 Å². The first kappa shape index (κ1) is 25.9. The van der Waals surface area contributed by atoms with Crippen LogP contribution in [0.2, 0.25) is 0 Å². The van der Waals surface area contributed by atoms with E-state index < -0.39 is 11.8 Å². The number of carbonyl (C=O) groups is 2. The molecule has 7 nitrogen and oxygen atoms in total. The van der Waals surface area contributed by atoms with Crippen molar-refractivity contribution in [1.82, 2.24) is 0 Å². The van der Waals surface area contributed by atoms with Gasteiger partial charge in [-0.05, 0) is 75.3 Å². The number of carbonyl (C=O) groups excluding carboxylic acids is 2. The second-order valence-electron chi connectivity index (χ2n) is 11.0. The monoisotopic (exact) mass is 517 g/mol. The van der Waals surface area contributed by atoms with E-state index in [4.69, 9.17) is 14.2 Å². The third-order valence-electron chi connectivity index (χ3n) is 8.54. The normalized spacial score (nSPS) is 30.1. The van der Waals surface area contributed by atoms with Gasteiger partial charge in [0.1, 0.15) is 4.88 Å². The molecule has 3 fully saturated rings. The Hall–Kier alpha value is -1.74. The Morgan fingerprint density at radius 3 is 2.39 bits per heavy atom. The predicted octanol–water partition coefficient (Wildman–Crippen LogP) is 5.31. The molecule has 1 amide bonds. The van der Waals surface area contributed by atoms with Crippen molar-refractivity contribution in [1.29, 1.82) is 0 Å². The number of hydrogen-bond donors (Lipinski definition) is 1. The highest BCUT2D eigenvalue weighted by Crippen LogP contribution is 2.44. The maximum atomic E-state index is 14.1. The maximum absolute atomic E-state index is 14.1. The molecule has 2 saturated carbocycles. The first-order valence-corrected chi connectivity index (χ1v) is 14.4. The molecule has 1 saturated heterocycles. The summed E-state index contributed by atoms with van der Waals surface area (Å²) in [6, 6.07) is 2.01. The summed E-state index contributed by atoms with van der Waals surface area (Å²) >= 11 is 1.42. The molecule has 1 aromatic rings. The number of aliphatic hydroxyl groups is 1. The van der Waals surface area contributed by atoms with Crippen LogP contribution in [-0.4, -0.2) is 55.2 Å². The molecule has 0 atom stereocenters. The van der Waals surface area contributed by atoms with Crippen LogP contribution in [0, 0.1) is 11.8 Å². The molecule has 4 aliphatic rings. The molecule has 3 aliphatic carbocycles. The number of nitrogens with zero attached hydrogens (tertiary/aromatic N) is 1. The maximum Gasteiger partial charge on any atom is 0.350 e. The molecule has 2 heterocycles. The number of aliphatic hydroxyl groups excluding tert-OH is 1. The summed E-state index contributed by atoms with van der Waals surface area (Å²) < 4.78 is 16.9. The van der Waals surface area contributed by atoms with Crippen molar-refractivity contribution in [2.45, 2.75) is 95.5 Å². The molecule has 0 radical (unpaired) electrons. The number of hydrogen-bond acceptors (Lipinski definition) is 7. The first-order chi connectivity index (χ1) is 17.4. The molecule has 8 heteroatoms. The molecule has 0 unspecified atom stereocenters. The Morgan fingerprint density at radius 1 is 1.08 bits per heavy atom. The van der Waals surface area contributed by atoms with Crippen LogP contribution in [0.1, 0.15) is 92.1 Å². The van der Waals surface area contributed by atoms with Gasteiger partial charge < -0.3 is 24.2 Å². The molecule has 198 valence electrons. The van der Waals surface area contributed by atoms with Crippen LogP contribution in [0.15, 0.2) is 12.1 Å². The predicted molar refractivity (Wildman–Crippen MR) is 139 cm³/mol. The number of amides is 1. The lowest BCUT2D eigenvalue weighted by Gasteiger charge is -2.39. The zero-order valence-electron chi connectivity index (χ0n) is 21.5. The summed E-state index contributed by atoms with van der Waals surface area (Å²) in [5.41, 5.74) is 1.85. The third kappa shape index (κ3) is 5.28. The van der Waals surface area contributed by atoms with Crippen LogP contribution in [-0.2, 0) is 19.0 Å². The number of esters is 1. The molecule has 0 aromatic carbocycles. The minimum absolute atomic E-state index is 0.0185. The molecule has 1 N–H and O–H groups in total. The fourth-order valence-electron chi connectivity index (χ4n) is 6.26. The molecule has 1 aliphatic heterocycles. The second-order valence-corrected chi connectivity index (χ2v) is 12.0. The fraction of sp³-hybridized carbons (Fsp3) is 0.714. The fourth-order valence-corrected chi connectivity index (χ4v) is 7.40. The molecule has 0 bridgehead atoms. The van der Waals surface area contributed by atoms with Gasteiger partial charge in [-0.2, -0.15) is 0 Å². The quantitative estimate of drug-likeness (QED) is 0.533. The summed E-state index contributed by atoms with van der Waals surface area (Å²) in [5.74, 6) is -0.144. The van der Waals surface area contributed by atoms with E-state index in [9.17, 15) is 14.7 Å². The van der Waals surface area contributed by atoms with E-state index in [1.807, 2.05) is 11.0 Å². The number of allylic oxidation sites excluding steroid dienone is 1. The van der Waals surface area contributed by atoms with E-state index in [2.05, 4.69) is 13.0 Å². The Balaban J connectivity index is 1.48. The van der Waals surface area contributed by atoms with Gasteiger partial charge >= 0.3 is 5.97 Å². The summed E-state index contributed by atoms with van der Waals surface area (Å²) in [7, 11) is 1.40. The van der Waals surface area contributed by atoms with Gasteiger partial charge in [0, 0.05) is 29.7 Å². The summed E-state index contributed by atoms with van der Waals surface area (Å²) in [5, 5.41) is 10.1. The van der Waals surface area contributed by atoms with E-state index in [-0.39, 0.29) is 24.0 Å². The van der Waals surface area contributed by atoms with Gasteiger partial charge in [-0.1, -0.05) is 13.0 Å². The van der Waals surface area contributed by atoms with Gasteiger partial charge in [-0.15, -0.1) is 11.3 Å². The van der Waals surface area contributed by atoms with E-state index in [0.717, 1.165) is 56.2 Å². The first-order valence-electron chi connectivity index (χ1n) is 13.6. The summed E-state index contributed by atoms with van der Waals surface area (Å²) in [6.07, 6.45) is 10.8. The Morgan fingerprint density at radius 2 is 1.78 bits per heavy atom. The van der Waals surface area contributed by atoms with Crippen molar-refractivity contribution < 1.29 is 28.9 Å². The van der Waals surface area contributed by atoms with Crippen LogP contribution in [0.25, 0.3) is 5.57 Å². The highest BCUT2D eigenvalue weighted by molar-refractivity contribution is 7.15. The number of rotatable bonds is 5. The SMILES string of the molecule is COC(=O)c1sc(C2=CCC3(CC2)OCCO3)cc1N(C(=O)C1CCC(C)CC1)C1CCC(O)CC1. The largest absolute Gasteiger partial charge is 0.465 e. The Bertz CT molecular complexity index is 980. The minimum atomic E-state index is -0.502. The smallest absolute Gasteiger partial charge is 0.350 e. The highest BCUT2D eigenvalue weighted by atomic mass is 32.1. The van der Waals surface area contributed by atoms with Gasteiger partial charge in [0.25, 0.3) is 0 Å². The van der Waals surface area contributed by atoms with Crippen LogP contribution >= 0.6 is 11.3 Å². The van der Waals surface area contributed by atoms with E-state index >= 15 is 0 Å². The molecule has 5 rings (SSSR count). The minimum Gasteiger partial charge on any atom is -0.465 e. The number of ether oxygens (including phenoxy) is 3. The van der Waals surface area contributed by atoms with Crippen molar-refractivity contribution >= 4 is 34.5 Å². The molecule has 1 spiro atoms. The van der Waals surface area contributed by atoms with Crippen LogP contribution in [0.4, 0.5) is 5.69 Å².